The van der Waals surface area contributed by atoms with E-state index in [0.29, 0.717) is 0 Å². The summed E-state index contributed by atoms with van der Waals surface area (Å²) in [4.78, 5) is 4.15. The van der Waals surface area contributed by atoms with Crippen molar-refractivity contribution in [2.24, 2.45) is 5.41 Å². The van der Waals surface area contributed by atoms with Gasteiger partial charge in [-0.3, -0.25) is 4.98 Å². The second-order valence-corrected chi connectivity index (χ2v) is 5.06. The van der Waals surface area contributed by atoms with E-state index in [1.54, 1.807) is 6.20 Å². The Morgan fingerprint density at radius 2 is 2.00 bits per heavy atom. The molecule has 0 radical (unpaired) electrons. The van der Waals surface area contributed by atoms with Crippen LogP contribution in [0.25, 0.3) is 0 Å². The molecule has 0 aliphatic heterocycles. The highest BCUT2D eigenvalue weighted by Gasteiger charge is 2.36. The Labute approximate surface area is 91.4 Å². The smallest absolute Gasteiger partial charge is 0.0858 e. The lowest BCUT2D eigenvalue weighted by Crippen LogP contribution is -2.22. The van der Waals surface area contributed by atoms with E-state index < -0.39 is 0 Å². The molecule has 0 bridgehead atoms. The van der Waals surface area contributed by atoms with E-state index in [4.69, 9.17) is 0 Å². The zero-order chi connectivity index (χ0) is 10.9. The van der Waals surface area contributed by atoms with Crippen LogP contribution in [-0.2, 0) is 0 Å². The number of hydrogen-bond donors (Lipinski definition) is 1. The van der Waals surface area contributed by atoms with Gasteiger partial charge in [0.2, 0.25) is 0 Å². The SMILES string of the molecule is Cc1cncc(C(O)C2(C)CCCC2)c1. The lowest BCUT2D eigenvalue weighted by Gasteiger charge is -2.30. The molecular formula is C13H19NO. The van der Waals surface area contributed by atoms with Crippen LogP contribution in [0.3, 0.4) is 0 Å². The molecule has 1 unspecified atom stereocenters. The third-order valence-electron chi connectivity index (χ3n) is 3.62. The Morgan fingerprint density at radius 1 is 1.33 bits per heavy atom. The Morgan fingerprint density at radius 3 is 2.60 bits per heavy atom. The molecule has 2 nitrogen and oxygen atoms in total. The first-order valence-corrected chi connectivity index (χ1v) is 5.71. The molecule has 1 aliphatic rings. The first kappa shape index (κ1) is 10.6. The third kappa shape index (κ3) is 2.05. The van der Waals surface area contributed by atoms with Crippen molar-refractivity contribution < 1.29 is 5.11 Å². The van der Waals surface area contributed by atoms with Crippen LogP contribution >= 0.6 is 0 Å². The molecule has 2 heteroatoms. The molecular weight excluding hydrogens is 186 g/mol. The van der Waals surface area contributed by atoms with Crippen molar-refractivity contribution in [3.8, 4) is 0 Å². The van der Waals surface area contributed by atoms with E-state index in [-0.39, 0.29) is 11.5 Å². The summed E-state index contributed by atoms with van der Waals surface area (Å²) in [6.45, 7) is 4.20. The molecule has 1 fully saturated rings. The summed E-state index contributed by atoms with van der Waals surface area (Å²) in [5.41, 5.74) is 2.16. The highest BCUT2D eigenvalue weighted by Crippen LogP contribution is 2.46. The van der Waals surface area contributed by atoms with Gasteiger partial charge < -0.3 is 5.11 Å². The fourth-order valence-corrected chi connectivity index (χ4v) is 2.59. The maximum absolute atomic E-state index is 10.4. The van der Waals surface area contributed by atoms with E-state index in [0.717, 1.165) is 24.0 Å². The zero-order valence-corrected chi connectivity index (χ0v) is 9.53. The Kier molecular flexibility index (Phi) is 2.79. The van der Waals surface area contributed by atoms with Gasteiger partial charge in [0.05, 0.1) is 6.10 Å². The quantitative estimate of drug-likeness (QED) is 0.805. The van der Waals surface area contributed by atoms with Gasteiger partial charge in [0.15, 0.2) is 0 Å². The fourth-order valence-electron chi connectivity index (χ4n) is 2.59. The number of hydrogen-bond acceptors (Lipinski definition) is 2. The number of aromatic nitrogens is 1. The molecule has 1 aromatic heterocycles. The number of aliphatic hydroxyl groups excluding tert-OH is 1. The molecule has 0 spiro atoms. The first-order valence-electron chi connectivity index (χ1n) is 5.71. The van der Waals surface area contributed by atoms with Gasteiger partial charge in [-0.25, -0.2) is 0 Å². The maximum Gasteiger partial charge on any atom is 0.0858 e. The maximum atomic E-state index is 10.4. The van der Waals surface area contributed by atoms with Crippen molar-refractivity contribution in [2.75, 3.05) is 0 Å². The summed E-state index contributed by atoms with van der Waals surface area (Å²) in [6, 6.07) is 2.04. The van der Waals surface area contributed by atoms with E-state index in [1.807, 2.05) is 19.2 Å². The van der Waals surface area contributed by atoms with Crippen molar-refractivity contribution >= 4 is 0 Å². The minimum atomic E-state index is -0.354. The van der Waals surface area contributed by atoms with Gasteiger partial charge in [0.25, 0.3) is 0 Å². The first-order chi connectivity index (χ1) is 7.12. The summed E-state index contributed by atoms with van der Waals surface area (Å²) in [5.74, 6) is 0. The lowest BCUT2D eigenvalue weighted by molar-refractivity contribution is 0.0405. The molecule has 1 N–H and O–H groups in total. The van der Waals surface area contributed by atoms with E-state index in [2.05, 4.69) is 11.9 Å². The molecule has 0 amide bonds. The number of rotatable bonds is 2. The van der Waals surface area contributed by atoms with Crippen molar-refractivity contribution in [3.05, 3.63) is 29.6 Å². The molecule has 82 valence electrons. The Balaban J connectivity index is 2.23. The standard InChI is InChI=1S/C13H19NO/c1-10-7-11(9-14-8-10)12(15)13(2)5-3-4-6-13/h7-9,12,15H,3-6H2,1-2H3. The van der Waals surface area contributed by atoms with Gasteiger partial charge in [-0.1, -0.05) is 25.8 Å². The second kappa shape index (κ2) is 3.93. The summed E-state index contributed by atoms with van der Waals surface area (Å²) < 4.78 is 0. The Hall–Kier alpha value is -0.890. The topological polar surface area (TPSA) is 33.1 Å². The number of nitrogens with zero attached hydrogens (tertiary/aromatic N) is 1. The van der Waals surface area contributed by atoms with Crippen molar-refractivity contribution in [1.29, 1.82) is 0 Å². The van der Waals surface area contributed by atoms with Gasteiger partial charge >= 0.3 is 0 Å². The molecule has 1 heterocycles. The van der Waals surface area contributed by atoms with E-state index >= 15 is 0 Å². The van der Waals surface area contributed by atoms with Gasteiger partial charge in [0, 0.05) is 12.4 Å². The lowest BCUT2D eigenvalue weighted by atomic mass is 9.79. The zero-order valence-electron chi connectivity index (χ0n) is 9.53. The van der Waals surface area contributed by atoms with Gasteiger partial charge in [-0.05, 0) is 36.3 Å². The third-order valence-corrected chi connectivity index (χ3v) is 3.62. The average molecular weight is 205 g/mol. The van der Waals surface area contributed by atoms with Crippen LogP contribution in [0.1, 0.15) is 49.8 Å². The van der Waals surface area contributed by atoms with Crippen LogP contribution in [0.15, 0.2) is 18.5 Å². The average Bonchev–Trinajstić information content (AvgIpc) is 2.65. The minimum Gasteiger partial charge on any atom is -0.388 e. The van der Waals surface area contributed by atoms with Crippen molar-refractivity contribution in [2.45, 2.75) is 45.6 Å². The van der Waals surface area contributed by atoms with Crippen molar-refractivity contribution in [3.63, 3.8) is 0 Å². The Bertz CT molecular complexity index is 342. The summed E-state index contributed by atoms with van der Waals surface area (Å²) >= 11 is 0. The predicted octanol–water partition coefficient (Wildman–Crippen LogP) is 3.00. The van der Waals surface area contributed by atoms with E-state index in [1.165, 1.54) is 12.8 Å². The van der Waals surface area contributed by atoms with Crippen LogP contribution in [0.2, 0.25) is 0 Å². The molecule has 1 aliphatic carbocycles. The number of pyridine rings is 1. The summed E-state index contributed by atoms with van der Waals surface area (Å²) in [6.07, 6.45) is 8.01. The molecule has 1 atom stereocenters. The van der Waals surface area contributed by atoms with Crippen LogP contribution in [0.5, 0.6) is 0 Å². The van der Waals surface area contributed by atoms with E-state index in [9.17, 15) is 5.11 Å². The normalized spacial score (nSPS) is 21.5. The molecule has 2 rings (SSSR count). The summed E-state index contributed by atoms with van der Waals surface area (Å²) in [7, 11) is 0. The van der Waals surface area contributed by atoms with Crippen LogP contribution < -0.4 is 0 Å². The van der Waals surface area contributed by atoms with Gasteiger partial charge in [-0.2, -0.15) is 0 Å². The summed E-state index contributed by atoms with van der Waals surface area (Å²) in [5, 5.41) is 10.4. The minimum absolute atomic E-state index is 0.0650. The second-order valence-electron chi connectivity index (χ2n) is 5.06. The molecule has 0 saturated heterocycles. The van der Waals surface area contributed by atoms with Crippen LogP contribution in [0, 0.1) is 12.3 Å². The highest BCUT2D eigenvalue weighted by atomic mass is 16.3. The van der Waals surface area contributed by atoms with Crippen molar-refractivity contribution in [1.82, 2.24) is 4.98 Å². The molecule has 0 aromatic carbocycles. The molecule has 1 saturated carbocycles. The molecule has 15 heavy (non-hydrogen) atoms. The largest absolute Gasteiger partial charge is 0.388 e. The van der Waals surface area contributed by atoms with Gasteiger partial charge in [-0.15, -0.1) is 0 Å². The van der Waals surface area contributed by atoms with Crippen LogP contribution in [0.4, 0.5) is 0 Å². The highest BCUT2D eigenvalue weighted by molar-refractivity contribution is 5.21. The monoisotopic (exact) mass is 205 g/mol. The number of aliphatic hydroxyl groups is 1. The van der Waals surface area contributed by atoms with Crippen LogP contribution in [-0.4, -0.2) is 10.1 Å². The van der Waals surface area contributed by atoms with Gasteiger partial charge in [0.1, 0.15) is 0 Å². The fraction of sp³-hybridized carbons (Fsp3) is 0.615. The number of aryl methyl sites for hydroxylation is 1. The molecule has 1 aromatic rings. The predicted molar refractivity (Wildman–Crippen MR) is 60.5 cm³/mol.